The Morgan fingerprint density at radius 2 is 2.60 bits per heavy atom. The van der Waals surface area contributed by atoms with Crippen molar-refractivity contribution in [2.45, 2.75) is 25.0 Å². The van der Waals surface area contributed by atoms with E-state index in [0.29, 0.717) is 0 Å². The lowest BCUT2D eigenvalue weighted by molar-refractivity contribution is -0.190. The zero-order valence-corrected chi connectivity index (χ0v) is 6.43. The molecule has 2 nitrogen and oxygen atoms in total. The molecule has 2 heteroatoms. The van der Waals surface area contributed by atoms with E-state index < -0.39 is 0 Å². The topological polar surface area (TPSA) is 18.5 Å². The van der Waals surface area contributed by atoms with Crippen LogP contribution in [0.4, 0.5) is 0 Å². The first-order chi connectivity index (χ1) is 4.83. The van der Waals surface area contributed by atoms with Gasteiger partial charge in [-0.25, -0.2) is 0 Å². The van der Waals surface area contributed by atoms with Gasteiger partial charge in [0.2, 0.25) is 0 Å². The average molecular weight is 142 g/mol. The van der Waals surface area contributed by atoms with Gasteiger partial charge in [-0.05, 0) is 6.42 Å². The molecule has 1 saturated heterocycles. The maximum Gasteiger partial charge on any atom is 0.171 e. The largest absolute Gasteiger partial charge is 0.353 e. The Hall–Kier alpha value is -0.340. The molecule has 1 unspecified atom stereocenters. The molecule has 0 aliphatic carbocycles. The second-order valence-electron chi connectivity index (χ2n) is 2.56. The van der Waals surface area contributed by atoms with Gasteiger partial charge in [0.1, 0.15) is 0 Å². The van der Waals surface area contributed by atoms with Crippen LogP contribution in [0.3, 0.4) is 0 Å². The van der Waals surface area contributed by atoms with Crippen LogP contribution in [0.5, 0.6) is 0 Å². The molecule has 0 N–H and O–H groups in total. The Morgan fingerprint density at radius 3 is 3.00 bits per heavy atom. The summed E-state index contributed by atoms with van der Waals surface area (Å²) in [5.41, 5.74) is 0. The molecule has 10 heavy (non-hydrogen) atoms. The van der Waals surface area contributed by atoms with E-state index in [4.69, 9.17) is 9.47 Å². The number of ether oxygens (including phenoxy) is 2. The highest BCUT2D eigenvalue weighted by Crippen LogP contribution is 2.29. The van der Waals surface area contributed by atoms with Gasteiger partial charge in [0.25, 0.3) is 0 Å². The Morgan fingerprint density at radius 1 is 1.80 bits per heavy atom. The Kier molecular flexibility index (Phi) is 2.46. The molecule has 0 aromatic carbocycles. The zero-order chi connectivity index (χ0) is 7.45. The first-order valence-corrected chi connectivity index (χ1v) is 3.63. The summed E-state index contributed by atoms with van der Waals surface area (Å²) < 4.78 is 10.7. The van der Waals surface area contributed by atoms with E-state index in [-0.39, 0.29) is 5.79 Å². The van der Waals surface area contributed by atoms with Crippen molar-refractivity contribution in [3.05, 3.63) is 12.7 Å². The van der Waals surface area contributed by atoms with Gasteiger partial charge in [0.05, 0.1) is 6.61 Å². The third-order valence-corrected chi connectivity index (χ3v) is 1.89. The SMILES string of the molecule is C=CCC1(OC)CCCO1. The monoisotopic (exact) mass is 142 g/mol. The van der Waals surface area contributed by atoms with Crippen LogP contribution in [0.15, 0.2) is 12.7 Å². The van der Waals surface area contributed by atoms with Crippen molar-refractivity contribution in [2.75, 3.05) is 13.7 Å². The Bertz CT molecular complexity index is 114. The van der Waals surface area contributed by atoms with Crippen LogP contribution in [0.2, 0.25) is 0 Å². The van der Waals surface area contributed by atoms with E-state index in [0.717, 1.165) is 25.9 Å². The molecular formula is C8H14O2. The highest BCUT2D eigenvalue weighted by Gasteiger charge is 2.33. The van der Waals surface area contributed by atoms with Crippen LogP contribution in [0, 0.1) is 0 Å². The second-order valence-corrected chi connectivity index (χ2v) is 2.56. The molecule has 0 radical (unpaired) electrons. The summed E-state index contributed by atoms with van der Waals surface area (Å²) in [6, 6.07) is 0. The lowest BCUT2D eigenvalue weighted by Gasteiger charge is -2.24. The van der Waals surface area contributed by atoms with Crippen molar-refractivity contribution in [2.24, 2.45) is 0 Å². The van der Waals surface area contributed by atoms with E-state index in [2.05, 4.69) is 6.58 Å². The number of methoxy groups -OCH3 is 1. The van der Waals surface area contributed by atoms with E-state index in [9.17, 15) is 0 Å². The molecule has 1 fully saturated rings. The molecule has 1 aliphatic heterocycles. The van der Waals surface area contributed by atoms with Crippen molar-refractivity contribution in [1.29, 1.82) is 0 Å². The first kappa shape index (κ1) is 7.76. The standard InChI is InChI=1S/C8H14O2/c1-3-5-8(9-2)6-4-7-10-8/h3H,1,4-7H2,2H3. The maximum atomic E-state index is 5.44. The molecule has 0 aromatic heterocycles. The molecule has 1 aliphatic rings. The van der Waals surface area contributed by atoms with E-state index in [1.165, 1.54) is 0 Å². The summed E-state index contributed by atoms with van der Waals surface area (Å²) in [5, 5.41) is 0. The summed E-state index contributed by atoms with van der Waals surface area (Å²) in [6.07, 6.45) is 4.73. The van der Waals surface area contributed by atoms with Gasteiger partial charge in [-0.1, -0.05) is 6.08 Å². The van der Waals surface area contributed by atoms with Crippen LogP contribution < -0.4 is 0 Å². The van der Waals surface area contributed by atoms with Crippen LogP contribution in [0.1, 0.15) is 19.3 Å². The molecule has 0 aromatic rings. The summed E-state index contributed by atoms with van der Waals surface area (Å²) in [6.45, 7) is 4.48. The zero-order valence-electron chi connectivity index (χ0n) is 6.43. The predicted molar refractivity (Wildman–Crippen MR) is 39.7 cm³/mol. The predicted octanol–water partition coefficient (Wildman–Crippen LogP) is 1.72. The molecular weight excluding hydrogens is 128 g/mol. The van der Waals surface area contributed by atoms with Crippen molar-refractivity contribution in [1.82, 2.24) is 0 Å². The Labute approximate surface area is 61.8 Å². The number of hydrogen-bond acceptors (Lipinski definition) is 2. The minimum atomic E-state index is -0.332. The molecule has 0 saturated carbocycles. The Balaban J connectivity index is 2.48. The van der Waals surface area contributed by atoms with Gasteiger partial charge >= 0.3 is 0 Å². The fourth-order valence-electron chi connectivity index (χ4n) is 1.30. The average Bonchev–Trinajstić information content (AvgIpc) is 2.39. The van der Waals surface area contributed by atoms with E-state index >= 15 is 0 Å². The summed E-state index contributed by atoms with van der Waals surface area (Å²) in [5.74, 6) is -0.332. The van der Waals surface area contributed by atoms with Crippen LogP contribution in [0.25, 0.3) is 0 Å². The van der Waals surface area contributed by atoms with Crippen molar-refractivity contribution < 1.29 is 9.47 Å². The minimum absolute atomic E-state index is 0.332. The van der Waals surface area contributed by atoms with Crippen LogP contribution >= 0.6 is 0 Å². The van der Waals surface area contributed by atoms with Gasteiger partial charge in [-0.3, -0.25) is 0 Å². The molecule has 1 rings (SSSR count). The summed E-state index contributed by atoms with van der Waals surface area (Å²) >= 11 is 0. The van der Waals surface area contributed by atoms with Crippen molar-refractivity contribution in [3.63, 3.8) is 0 Å². The highest BCUT2D eigenvalue weighted by atomic mass is 16.7. The molecule has 1 heterocycles. The van der Waals surface area contributed by atoms with E-state index in [1.807, 2.05) is 6.08 Å². The van der Waals surface area contributed by atoms with Gasteiger partial charge in [-0.2, -0.15) is 0 Å². The molecule has 1 atom stereocenters. The molecule has 0 amide bonds. The number of hydrogen-bond donors (Lipinski definition) is 0. The van der Waals surface area contributed by atoms with Gasteiger partial charge in [0, 0.05) is 20.0 Å². The normalized spacial score (nSPS) is 32.5. The summed E-state index contributed by atoms with van der Waals surface area (Å²) in [7, 11) is 1.69. The molecule has 58 valence electrons. The number of rotatable bonds is 3. The van der Waals surface area contributed by atoms with Crippen molar-refractivity contribution >= 4 is 0 Å². The van der Waals surface area contributed by atoms with Gasteiger partial charge in [-0.15, -0.1) is 6.58 Å². The lowest BCUT2D eigenvalue weighted by atomic mass is 10.1. The van der Waals surface area contributed by atoms with Crippen LogP contribution in [-0.2, 0) is 9.47 Å². The van der Waals surface area contributed by atoms with Crippen LogP contribution in [-0.4, -0.2) is 19.5 Å². The third-order valence-electron chi connectivity index (χ3n) is 1.89. The van der Waals surface area contributed by atoms with Crippen molar-refractivity contribution in [3.8, 4) is 0 Å². The molecule has 0 spiro atoms. The lowest BCUT2D eigenvalue weighted by Crippen LogP contribution is -2.28. The summed E-state index contributed by atoms with van der Waals surface area (Å²) in [4.78, 5) is 0. The smallest absolute Gasteiger partial charge is 0.171 e. The third kappa shape index (κ3) is 1.39. The highest BCUT2D eigenvalue weighted by molar-refractivity contribution is 4.83. The first-order valence-electron chi connectivity index (χ1n) is 3.63. The van der Waals surface area contributed by atoms with E-state index in [1.54, 1.807) is 7.11 Å². The fraction of sp³-hybridized carbons (Fsp3) is 0.750. The fourth-order valence-corrected chi connectivity index (χ4v) is 1.30. The maximum absolute atomic E-state index is 5.44. The van der Waals surface area contributed by atoms with Gasteiger partial charge < -0.3 is 9.47 Å². The minimum Gasteiger partial charge on any atom is -0.353 e. The second kappa shape index (κ2) is 3.17. The quantitative estimate of drug-likeness (QED) is 0.558. The molecule has 0 bridgehead atoms. The van der Waals surface area contributed by atoms with Gasteiger partial charge in [0.15, 0.2) is 5.79 Å².